The standard InChI is InChI=1S/C13H15FO3/c1-16-12-7-9(4-5-11(12)14)13(15)10-3-2-6-17-8-10/h4-5,7,10H,2-3,6,8H2,1H3. The van der Waals surface area contributed by atoms with Crippen LogP contribution in [0.25, 0.3) is 0 Å². The highest BCUT2D eigenvalue weighted by atomic mass is 19.1. The number of ether oxygens (including phenoxy) is 2. The molecule has 1 fully saturated rings. The van der Waals surface area contributed by atoms with E-state index in [1.54, 1.807) is 0 Å². The van der Waals surface area contributed by atoms with Crippen molar-refractivity contribution in [2.24, 2.45) is 5.92 Å². The molecule has 1 aliphatic rings. The van der Waals surface area contributed by atoms with Crippen molar-refractivity contribution in [3.63, 3.8) is 0 Å². The molecule has 0 N–H and O–H groups in total. The Morgan fingerprint density at radius 1 is 1.53 bits per heavy atom. The molecule has 1 aromatic rings. The maximum Gasteiger partial charge on any atom is 0.168 e. The summed E-state index contributed by atoms with van der Waals surface area (Å²) in [6, 6.07) is 4.21. The first-order valence-electron chi connectivity index (χ1n) is 5.68. The smallest absolute Gasteiger partial charge is 0.168 e. The topological polar surface area (TPSA) is 35.5 Å². The van der Waals surface area contributed by atoms with Crippen LogP contribution in [0.1, 0.15) is 23.2 Å². The zero-order valence-electron chi connectivity index (χ0n) is 9.74. The van der Waals surface area contributed by atoms with E-state index in [1.165, 1.54) is 25.3 Å². The third kappa shape index (κ3) is 2.64. The Hall–Kier alpha value is -1.42. The zero-order chi connectivity index (χ0) is 12.3. The minimum Gasteiger partial charge on any atom is -0.494 e. The molecule has 1 unspecified atom stereocenters. The van der Waals surface area contributed by atoms with E-state index in [1.807, 2.05) is 0 Å². The molecule has 0 bridgehead atoms. The highest BCUT2D eigenvalue weighted by molar-refractivity contribution is 5.98. The van der Waals surface area contributed by atoms with Gasteiger partial charge in [-0.2, -0.15) is 0 Å². The molecule has 0 aliphatic carbocycles. The van der Waals surface area contributed by atoms with Crippen molar-refractivity contribution in [2.75, 3.05) is 20.3 Å². The van der Waals surface area contributed by atoms with E-state index >= 15 is 0 Å². The molecular weight excluding hydrogens is 223 g/mol. The molecule has 0 saturated carbocycles. The van der Waals surface area contributed by atoms with Gasteiger partial charge in [0, 0.05) is 18.1 Å². The van der Waals surface area contributed by atoms with Crippen molar-refractivity contribution in [3.8, 4) is 5.75 Å². The first-order valence-corrected chi connectivity index (χ1v) is 5.68. The van der Waals surface area contributed by atoms with Crippen LogP contribution in [0.3, 0.4) is 0 Å². The van der Waals surface area contributed by atoms with Crippen LogP contribution >= 0.6 is 0 Å². The van der Waals surface area contributed by atoms with Crippen LogP contribution in [0.2, 0.25) is 0 Å². The fourth-order valence-electron chi connectivity index (χ4n) is 2.00. The summed E-state index contributed by atoms with van der Waals surface area (Å²) in [5.74, 6) is -0.460. The van der Waals surface area contributed by atoms with Crippen molar-refractivity contribution < 1.29 is 18.7 Å². The fraction of sp³-hybridized carbons (Fsp3) is 0.462. The Labute approximate surface area is 99.5 Å². The Kier molecular flexibility index (Phi) is 3.74. The fourth-order valence-corrected chi connectivity index (χ4v) is 2.00. The van der Waals surface area contributed by atoms with Gasteiger partial charge in [-0.3, -0.25) is 4.79 Å². The average molecular weight is 238 g/mol. The van der Waals surface area contributed by atoms with E-state index in [0.717, 1.165) is 19.4 Å². The van der Waals surface area contributed by atoms with Crippen molar-refractivity contribution in [1.29, 1.82) is 0 Å². The van der Waals surface area contributed by atoms with E-state index < -0.39 is 5.82 Å². The van der Waals surface area contributed by atoms with Crippen LogP contribution in [-0.4, -0.2) is 26.1 Å². The lowest BCUT2D eigenvalue weighted by molar-refractivity contribution is 0.0461. The Bertz CT molecular complexity index is 411. The summed E-state index contributed by atoms with van der Waals surface area (Å²) in [4.78, 5) is 12.1. The molecule has 1 heterocycles. The number of ketones is 1. The molecule has 1 aliphatic heterocycles. The van der Waals surface area contributed by atoms with Crippen molar-refractivity contribution in [3.05, 3.63) is 29.6 Å². The van der Waals surface area contributed by atoms with Gasteiger partial charge in [0.05, 0.1) is 13.7 Å². The number of carbonyl (C=O) groups is 1. The highest BCUT2D eigenvalue weighted by Crippen LogP contribution is 2.23. The van der Waals surface area contributed by atoms with Crippen LogP contribution in [0.4, 0.5) is 4.39 Å². The van der Waals surface area contributed by atoms with Crippen LogP contribution in [-0.2, 0) is 4.74 Å². The van der Waals surface area contributed by atoms with E-state index in [0.29, 0.717) is 12.2 Å². The first-order chi connectivity index (χ1) is 8.22. The number of Topliss-reactive ketones (excluding diaryl/α,β-unsaturated/α-hetero) is 1. The lowest BCUT2D eigenvalue weighted by Crippen LogP contribution is -2.25. The Balaban J connectivity index is 2.18. The first kappa shape index (κ1) is 12.0. The van der Waals surface area contributed by atoms with E-state index in [2.05, 4.69) is 0 Å². The third-order valence-corrected chi connectivity index (χ3v) is 2.97. The highest BCUT2D eigenvalue weighted by Gasteiger charge is 2.23. The van der Waals surface area contributed by atoms with Gasteiger partial charge in [-0.25, -0.2) is 4.39 Å². The molecule has 0 aromatic heterocycles. The van der Waals surface area contributed by atoms with Crippen LogP contribution < -0.4 is 4.74 Å². The number of hydrogen-bond acceptors (Lipinski definition) is 3. The summed E-state index contributed by atoms with van der Waals surface area (Å²) in [5, 5.41) is 0. The van der Waals surface area contributed by atoms with Gasteiger partial charge in [0.1, 0.15) is 0 Å². The molecule has 3 nitrogen and oxygen atoms in total. The molecule has 1 atom stereocenters. The summed E-state index contributed by atoms with van der Waals surface area (Å²) in [5.41, 5.74) is 0.485. The summed E-state index contributed by atoms with van der Waals surface area (Å²) >= 11 is 0. The SMILES string of the molecule is COc1cc(C(=O)C2CCCOC2)ccc1F. The second-order valence-electron chi connectivity index (χ2n) is 4.13. The van der Waals surface area contributed by atoms with Gasteiger partial charge in [0.2, 0.25) is 0 Å². The van der Waals surface area contributed by atoms with Gasteiger partial charge in [-0.1, -0.05) is 0 Å². The maximum absolute atomic E-state index is 13.2. The quantitative estimate of drug-likeness (QED) is 0.759. The zero-order valence-corrected chi connectivity index (χ0v) is 9.74. The normalized spacial score (nSPS) is 20.0. The lowest BCUT2D eigenvalue weighted by atomic mass is 9.92. The van der Waals surface area contributed by atoms with Crippen LogP contribution in [0.5, 0.6) is 5.75 Å². The molecule has 0 radical (unpaired) electrons. The summed E-state index contributed by atoms with van der Waals surface area (Å²) in [7, 11) is 1.39. The van der Waals surface area contributed by atoms with Gasteiger partial charge >= 0.3 is 0 Å². The average Bonchev–Trinajstić information content (AvgIpc) is 2.39. The van der Waals surface area contributed by atoms with Crippen molar-refractivity contribution in [2.45, 2.75) is 12.8 Å². The number of methoxy groups -OCH3 is 1. The summed E-state index contributed by atoms with van der Waals surface area (Å²) in [6.45, 7) is 1.18. The molecule has 92 valence electrons. The van der Waals surface area contributed by atoms with Crippen LogP contribution in [0.15, 0.2) is 18.2 Å². The van der Waals surface area contributed by atoms with Gasteiger partial charge in [-0.05, 0) is 31.0 Å². The molecule has 2 rings (SSSR count). The minimum atomic E-state index is -0.455. The van der Waals surface area contributed by atoms with Gasteiger partial charge < -0.3 is 9.47 Å². The predicted octanol–water partition coefficient (Wildman–Crippen LogP) is 2.44. The molecule has 1 aromatic carbocycles. The molecule has 0 spiro atoms. The largest absolute Gasteiger partial charge is 0.494 e. The number of halogens is 1. The number of rotatable bonds is 3. The van der Waals surface area contributed by atoms with E-state index in [4.69, 9.17) is 9.47 Å². The minimum absolute atomic E-state index is 0.00278. The molecule has 1 saturated heterocycles. The van der Waals surface area contributed by atoms with E-state index in [9.17, 15) is 9.18 Å². The Morgan fingerprint density at radius 3 is 3.00 bits per heavy atom. The molecule has 0 amide bonds. The lowest BCUT2D eigenvalue weighted by Gasteiger charge is -2.21. The van der Waals surface area contributed by atoms with Gasteiger partial charge in [0.25, 0.3) is 0 Å². The van der Waals surface area contributed by atoms with E-state index in [-0.39, 0.29) is 17.5 Å². The summed E-state index contributed by atoms with van der Waals surface area (Å²) in [6.07, 6.45) is 1.73. The second kappa shape index (κ2) is 5.27. The molecular formula is C13H15FO3. The van der Waals surface area contributed by atoms with Gasteiger partial charge in [0.15, 0.2) is 17.3 Å². The second-order valence-corrected chi connectivity index (χ2v) is 4.13. The monoisotopic (exact) mass is 238 g/mol. The molecule has 17 heavy (non-hydrogen) atoms. The summed E-state index contributed by atoms with van der Waals surface area (Å²) < 4.78 is 23.4. The number of carbonyl (C=O) groups excluding carboxylic acids is 1. The third-order valence-electron chi connectivity index (χ3n) is 2.97. The van der Waals surface area contributed by atoms with Crippen molar-refractivity contribution >= 4 is 5.78 Å². The number of benzene rings is 1. The predicted molar refractivity (Wildman–Crippen MR) is 60.8 cm³/mol. The number of hydrogen-bond donors (Lipinski definition) is 0. The maximum atomic E-state index is 13.2. The van der Waals surface area contributed by atoms with Crippen molar-refractivity contribution in [1.82, 2.24) is 0 Å². The van der Waals surface area contributed by atoms with Crippen LogP contribution in [0, 0.1) is 11.7 Å². The Morgan fingerprint density at radius 2 is 2.35 bits per heavy atom. The molecule has 4 heteroatoms. The van der Waals surface area contributed by atoms with Gasteiger partial charge in [-0.15, -0.1) is 0 Å².